The lowest BCUT2D eigenvalue weighted by molar-refractivity contribution is 0.0514. The number of hydrogen-bond acceptors (Lipinski definition) is 7. The van der Waals surface area contributed by atoms with Crippen molar-refractivity contribution in [2.45, 2.75) is 26.1 Å². The van der Waals surface area contributed by atoms with Crippen LogP contribution in [0.5, 0.6) is 5.75 Å². The van der Waals surface area contributed by atoms with Crippen LogP contribution in [0.3, 0.4) is 0 Å². The summed E-state index contributed by atoms with van der Waals surface area (Å²) in [6, 6.07) is 8.54. The van der Waals surface area contributed by atoms with Crippen LogP contribution in [0.2, 0.25) is 0 Å². The Morgan fingerprint density at radius 3 is 3.00 bits per heavy atom. The summed E-state index contributed by atoms with van der Waals surface area (Å²) >= 11 is 1.69. The van der Waals surface area contributed by atoms with Gasteiger partial charge in [0.25, 0.3) is 0 Å². The van der Waals surface area contributed by atoms with E-state index in [-0.39, 0.29) is 6.10 Å². The fraction of sp³-hybridized carbons (Fsp3) is 0.333. The smallest absolute Gasteiger partial charge is 0.152 e. The first-order valence-corrected chi connectivity index (χ1v) is 10.5. The third-order valence-corrected chi connectivity index (χ3v) is 6.55. The minimum Gasteiger partial charge on any atom is -0.495 e. The summed E-state index contributed by atoms with van der Waals surface area (Å²) in [6.45, 7) is 4.45. The van der Waals surface area contributed by atoms with Gasteiger partial charge in [0.15, 0.2) is 5.82 Å². The zero-order valence-electron chi connectivity index (χ0n) is 16.4. The van der Waals surface area contributed by atoms with Crippen LogP contribution in [0, 0.1) is 6.92 Å². The lowest BCUT2D eigenvalue weighted by Gasteiger charge is -2.09. The van der Waals surface area contributed by atoms with Crippen LogP contribution in [0.15, 0.2) is 30.6 Å². The van der Waals surface area contributed by atoms with Gasteiger partial charge in [0.05, 0.1) is 30.2 Å². The SMILES string of the molecule is COc1cc(C)cc2cc(-c3cc(CO[C@@H]4CCNC4)n4ncnc(N)c34)sc12. The lowest BCUT2D eigenvalue weighted by atomic mass is 10.1. The van der Waals surface area contributed by atoms with E-state index in [9.17, 15) is 0 Å². The first kappa shape index (κ1) is 18.4. The summed E-state index contributed by atoms with van der Waals surface area (Å²) in [4.78, 5) is 5.33. The zero-order valence-corrected chi connectivity index (χ0v) is 17.3. The molecule has 1 aromatic carbocycles. The fourth-order valence-electron chi connectivity index (χ4n) is 3.95. The second kappa shape index (κ2) is 7.29. The van der Waals surface area contributed by atoms with Crippen LogP contribution in [-0.2, 0) is 11.3 Å². The van der Waals surface area contributed by atoms with Gasteiger partial charge in [0.1, 0.15) is 17.6 Å². The van der Waals surface area contributed by atoms with Gasteiger partial charge in [0, 0.05) is 17.0 Å². The Bertz CT molecular complexity index is 1190. The number of nitrogens with two attached hydrogens (primary N) is 1. The van der Waals surface area contributed by atoms with Crippen molar-refractivity contribution in [3.05, 3.63) is 41.9 Å². The molecule has 1 aliphatic heterocycles. The van der Waals surface area contributed by atoms with Crippen molar-refractivity contribution in [1.82, 2.24) is 19.9 Å². The average molecular weight is 410 g/mol. The Kier molecular flexibility index (Phi) is 4.61. The number of aryl methyl sites for hydroxylation is 1. The van der Waals surface area contributed by atoms with Gasteiger partial charge in [-0.15, -0.1) is 11.3 Å². The van der Waals surface area contributed by atoms with Gasteiger partial charge < -0.3 is 20.5 Å². The molecule has 0 aliphatic carbocycles. The normalized spacial score (nSPS) is 16.8. The van der Waals surface area contributed by atoms with Gasteiger partial charge in [-0.25, -0.2) is 9.50 Å². The highest BCUT2D eigenvalue weighted by atomic mass is 32.1. The highest BCUT2D eigenvalue weighted by molar-refractivity contribution is 7.22. The number of thiophene rings is 1. The number of nitrogens with one attached hydrogen (secondary N) is 1. The van der Waals surface area contributed by atoms with E-state index in [2.05, 4.69) is 46.6 Å². The zero-order chi connectivity index (χ0) is 20.0. The Balaban J connectivity index is 1.62. The van der Waals surface area contributed by atoms with Crippen LogP contribution in [0.4, 0.5) is 5.82 Å². The number of rotatable bonds is 5. The molecule has 1 saturated heterocycles. The molecule has 3 aromatic heterocycles. The number of anilines is 1. The maximum atomic E-state index is 6.26. The van der Waals surface area contributed by atoms with Crippen molar-refractivity contribution < 1.29 is 9.47 Å². The molecule has 150 valence electrons. The van der Waals surface area contributed by atoms with Crippen molar-refractivity contribution in [3.8, 4) is 16.2 Å². The summed E-state index contributed by atoms with van der Waals surface area (Å²) in [5.74, 6) is 1.35. The van der Waals surface area contributed by atoms with Crippen LogP contribution in [-0.4, -0.2) is 40.9 Å². The van der Waals surface area contributed by atoms with Gasteiger partial charge in [-0.05, 0) is 49.0 Å². The van der Waals surface area contributed by atoms with E-state index in [0.717, 1.165) is 57.0 Å². The number of nitrogen functional groups attached to an aromatic ring is 1. The van der Waals surface area contributed by atoms with Crippen molar-refractivity contribution >= 4 is 32.8 Å². The average Bonchev–Trinajstić information content (AvgIpc) is 3.44. The van der Waals surface area contributed by atoms with Crippen LogP contribution in [0.25, 0.3) is 26.0 Å². The molecule has 29 heavy (non-hydrogen) atoms. The van der Waals surface area contributed by atoms with E-state index in [1.807, 2.05) is 4.52 Å². The molecule has 7 nitrogen and oxygen atoms in total. The number of ether oxygens (including phenoxy) is 2. The topological polar surface area (TPSA) is 86.7 Å². The van der Waals surface area contributed by atoms with Crippen molar-refractivity contribution in [2.24, 2.45) is 0 Å². The fourth-order valence-corrected chi connectivity index (χ4v) is 5.10. The highest BCUT2D eigenvalue weighted by Gasteiger charge is 2.20. The standard InChI is InChI=1S/C21H23N5O2S/c1-12-5-13-7-18(29-20(13)17(6-12)27-2)16-8-14(10-28-15-3-4-23-9-15)26-19(16)21(22)24-11-25-26/h5-8,11,15,23H,3-4,9-10H2,1-2H3,(H2,22,24,25)/t15-/m1/s1. The van der Waals surface area contributed by atoms with Crippen molar-refractivity contribution in [1.29, 1.82) is 0 Å². The Hall–Kier alpha value is -2.68. The van der Waals surface area contributed by atoms with E-state index < -0.39 is 0 Å². The second-order valence-electron chi connectivity index (χ2n) is 7.38. The number of fused-ring (bicyclic) bond motifs is 2. The third kappa shape index (κ3) is 3.23. The molecule has 3 N–H and O–H groups in total. The summed E-state index contributed by atoms with van der Waals surface area (Å²) in [7, 11) is 1.71. The summed E-state index contributed by atoms with van der Waals surface area (Å²) in [6.07, 6.45) is 2.76. The maximum Gasteiger partial charge on any atom is 0.152 e. The second-order valence-corrected chi connectivity index (χ2v) is 8.43. The first-order valence-electron chi connectivity index (χ1n) is 9.66. The number of benzene rings is 1. The predicted octanol–water partition coefficient (Wildman–Crippen LogP) is 3.39. The largest absolute Gasteiger partial charge is 0.495 e. The van der Waals surface area contributed by atoms with Gasteiger partial charge >= 0.3 is 0 Å². The summed E-state index contributed by atoms with van der Waals surface area (Å²) in [5, 5.41) is 8.93. The quantitative estimate of drug-likeness (QED) is 0.525. The van der Waals surface area contributed by atoms with E-state index in [0.29, 0.717) is 12.4 Å². The Morgan fingerprint density at radius 2 is 2.21 bits per heavy atom. The number of methoxy groups -OCH3 is 1. The van der Waals surface area contributed by atoms with Gasteiger partial charge in [0.2, 0.25) is 0 Å². The first-order chi connectivity index (χ1) is 14.1. The van der Waals surface area contributed by atoms with Crippen molar-refractivity contribution in [2.75, 3.05) is 25.9 Å². The molecule has 0 saturated carbocycles. The highest BCUT2D eigenvalue weighted by Crippen LogP contribution is 2.42. The van der Waals surface area contributed by atoms with Crippen LogP contribution < -0.4 is 15.8 Å². The predicted molar refractivity (Wildman–Crippen MR) is 116 cm³/mol. The van der Waals surface area contributed by atoms with Crippen LogP contribution in [0.1, 0.15) is 17.7 Å². The molecule has 0 unspecified atom stereocenters. The summed E-state index contributed by atoms with van der Waals surface area (Å²) in [5.41, 5.74) is 10.2. The molecule has 8 heteroatoms. The van der Waals surface area contributed by atoms with Gasteiger partial charge in [-0.2, -0.15) is 5.10 Å². The van der Waals surface area contributed by atoms with Crippen LogP contribution >= 0.6 is 11.3 Å². The molecular weight excluding hydrogens is 386 g/mol. The van der Waals surface area contributed by atoms with Crippen molar-refractivity contribution in [3.63, 3.8) is 0 Å². The van der Waals surface area contributed by atoms with E-state index in [4.69, 9.17) is 15.2 Å². The monoisotopic (exact) mass is 409 g/mol. The molecule has 0 amide bonds. The van der Waals surface area contributed by atoms with Gasteiger partial charge in [-0.3, -0.25) is 0 Å². The molecule has 4 heterocycles. The lowest BCUT2D eigenvalue weighted by Crippen LogP contribution is -2.17. The molecular formula is C21H23N5O2S. The molecule has 5 rings (SSSR count). The minimum absolute atomic E-state index is 0.236. The number of aromatic nitrogens is 3. The van der Waals surface area contributed by atoms with Gasteiger partial charge in [-0.1, -0.05) is 6.07 Å². The number of nitrogens with zero attached hydrogens (tertiary/aromatic N) is 3. The van der Waals surface area contributed by atoms with E-state index in [1.165, 1.54) is 11.9 Å². The molecule has 0 spiro atoms. The molecule has 0 radical (unpaired) electrons. The molecule has 0 bridgehead atoms. The molecule has 1 fully saturated rings. The maximum absolute atomic E-state index is 6.26. The van der Waals surface area contributed by atoms with E-state index in [1.54, 1.807) is 18.4 Å². The van der Waals surface area contributed by atoms with E-state index >= 15 is 0 Å². The number of hydrogen-bond donors (Lipinski definition) is 2. The molecule has 1 atom stereocenters. The third-order valence-electron chi connectivity index (χ3n) is 5.35. The Morgan fingerprint density at radius 1 is 1.31 bits per heavy atom. The minimum atomic E-state index is 0.236. The molecule has 1 aliphatic rings. The Labute approximate surface area is 172 Å². The molecule has 4 aromatic rings. The summed E-state index contributed by atoms with van der Waals surface area (Å²) < 4.78 is 14.7.